The van der Waals surface area contributed by atoms with E-state index in [1.165, 1.54) is 5.56 Å². The largest absolute Gasteiger partial charge is 0.480 e. The van der Waals surface area contributed by atoms with Crippen LogP contribution in [-0.4, -0.2) is 59.7 Å². The van der Waals surface area contributed by atoms with Crippen LogP contribution in [0.4, 0.5) is 0 Å². The maximum atomic E-state index is 13.3. The fourth-order valence-corrected chi connectivity index (χ4v) is 4.23. The lowest BCUT2D eigenvalue weighted by Gasteiger charge is -2.35. The molecule has 0 bridgehead atoms. The maximum Gasteiger partial charge on any atom is 0.263 e. The van der Waals surface area contributed by atoms with Crippen molar-refractivity contribution in [2.45, 2.75) is 37.5 Å². The fourth-order valence-electron chi connectivity index (χ4n) is 4.23. The van der Waals surface area contributed by atoms with Crippen LogP contribution in [0.15, 0.2) is 54.6 Å². The number of carbonyl (C=O) groups is 1. The Morgan fingerprint density at radius 1 is 1.18 bits per heavy atom. The van der Waals surface area contributed by atoms with E-state index in [2.05, 4.69) is 23.1 Å². The molecule has 1 N–H and O–H groups in total. The Bertz CT molecular complexity index is 811. The van der Waals surface area contributed by atoms with Gasteiger partial charge in [0, 0.05) is 26.7 Å². The van der Waals surface area contributed by atoms with Crippen LogP contribution in [0.25, 0.3) is 0 Å². The lowest BCUT2D eigenvalue weighted by molar-refractivity contribution is -0.140. The molecule has 0 spiro atoms. The molecular formula is C23H28N2O3. The Labute approximate surface area is 166 Å². The Kier molecular flexibility index (Phi) is 5.64. The second-order valence-corrected chi connectivity index (χ2v) is 7.83. The van der Waals surface area contributed by atoms with Crippen LogP contribution in [0, 0.1) is 0 Å². The Hall–Kier alpha value is -2.37. The molecule has 0 radical (unpaired) electrons. The minimum Gasteiger partial charge on any atom is -0.480 e. The van der Waals surface area contributed by atoms with Crippen LogP contribution in [0.3, 0.4) is 0 Å². The van der Waals surface area contributed by atoms with Gasteiger partial charge >= 0.3 is 0 Å². The summed E-state index contributed by atoms with van der Waals surface area (Å²) >= 11 is 0. The van der Waals surface area contributed by atoms with E-state index in [1.54, 1.807) is 0 Å². The molecule has 3 atom stereocenters. The molecule has 2 aromatic carbocycles. The standard InChI is InChI=1S/C23H28N2O3/c1-24(23(27)22-12-11-18-9-5-6-10-21(18)28-22)20(17-7-3-2-4-8-17)16-25-14-13-19(26)15-25/h2-10,19-20,22,26H,11-16H2,1H3/t19-,20?,22-/m0/s1. The lowest BCUT2D eigenvalue weighted by Crippen LogP contribution is -2.46. The Balaban J connectivity index is 1.51. The third-order valence-electron chi connectivity index (χ3n) is 5.87. The number of likely N-dealkylation sites (tertiary alicyclic amines) is 1. The number of nitrogens with zero attached hydrogens (tertiary/aromatic N) is 2. The summed E-state index contributed by atoms with van der Waals surface area (Å²) in [5.74, 6) is 0.836. The van der Waals surface area contributed by atoms with Crippen LogP contribution < -0.4 is 4.74 Å². The van der Waals surface area contributed by atoms with Gasteiger partial charge in [0.25, 0.3) is 5.91 Å². The molecule has 28 heavy (non-hydrogen) atoms. The molecule has 0 saturated carbocycles. The molecule has 148 valence electrons. The van der Waals surface area contributed by atoms with Crippen molar-refractivity contribution in [3.8, 4) is 5.75 Å². The molecule has 1 fully saturated rings. The Morgan fingerprint density at radius 3 is 2.68 bits per heavy atom. The highest BCUT2D eigenvalue weighted by molar-refractivity contribution is 5.82. The van der Waals surface area contributed by atoms with Crippen molar-refractivity contribution in [2.75, 3.05) is 26.7 Å². The maximum absolute atomic E-state index is 13.3. The quantitative estimate of drug-likeness (QED) is 0.867. The van der Waals surface area contributed by atoms with Gasteiger partial charge in [0.15, 0.2) is 6.10 Å². The van der Waals surface area contributed by atoms with Gasteiger partial charge in [-0.05, 0) is 36.5 Å². The molecule has 5 nitrogen and oxygen atoms in total. The molecule has 2 aromatic rings. The van der Waals surface area contributed by atoms with E-state index < -0.39 is 6.10 Å². The first kappa shape index (κ1) is 19.0. The highest BCUT2D eigenvalue weighted by atomic mass is 16.5. The predicted molar refractivity (Wildman–Crippen MR) is 108 cm³/mol. The molecular weight excluding hydrogens is 352 g/mol. The zero-order chi connectivity index (χ0) is 19.5. The van der Waals surface area contributed by atoms with Gasteiger partial charge in [0.05, 0.1) is 12.1 Å². The average molecular weight is 380 g/mol. The smallest absolute Gasteiger partial charge is 0.263 e. The first-order chi connectivity index (χ1) is 13.6. The van der Waals surface area contributed by atoms with E-state index in [1.807, 2.05) is 48.3 Å². The lowest BCUT2D eigenvalue weighted by atomic mass is 10.00. The fraction of sp³-hybridized carbons (Fsp3) is 0.435. The molecule has 1 amide bonds. The van der Waals surface area contributed by atoms with Crippen molar-refractivity contribution in [2.24, 2.45) is 0 Å². The third kappa shape index (κ3) is 4.05. The van der Waals surface area contributed by atoms with Gasteiger partial charge in [-0.1, -0.05) is 48.5 Å². The van der Waals surface area contributed by atoms with Crippen molar-refractivity contribution in [1.29, 1.82) is 0 Å². The number of para-hydroxylation sites is 1. The molecule has 2 aliphatic rings. The second kappa shape index (κ2) is 8.33. The van der Waals surface area contributed by atoms with E-state index in [0.717, 1.165) is 30.7 Å². The summed E-state index contributed by atoms with van der Waals surface area (Å²) in [6.45, 7) is 2.24. The van der Waals surface area contributed by atoms with Crippen LogP contribution in [-0.2, 0) is 11.2 Å². The van der Waals surface area contributed by atoms with Crippen LogP contribution in [0.2, 0.25) is 0 Å². The second-order valence-electron chi connectivity index (χ2n) is 7.83. The number of hydrogen-bond acceptors (Lipinski definition) is 4. The van der Waals surface area contributed by atoms with Gasteiger partial charge in [-0.2, -0.15) is 0 Å². The number of hydrogen-bond donors (Lipinski definition) is 1. The molecule has 2 heterocycles. The van der Waals surface area contributed by atoms with Crippen LogP contribution in [0.5, 0.6) is 5.75 Å². The predicted octanol–water partition coefficient (Wildman–Crippen LogP) is 2.65. The molecule has 1 unspecified atom stereocenters. The molecule has 0 aliphatic carbocycles. The van der Waals surface area contributed by atoms with Gasteiger partial charge in [0.2, 0.25) is 0 Å². The van der Waals surface area contributed by atoms with E-state index in [-0.39, 0.29) is 18.1 Å². The highest BCUT2D eigenvalue weighted by Crippen LogP contribution is 2.30. The van der Waals surface area contributed by atoms with Gasteiger partial charge in [-0.25, -0.2) is 0 Å². The van der Waals surface area contributed by atoms with Gasteiger partial charge in [0.1, 0.15) is 5.75 Å². The number of fused-ring (bicyclic) bond motifs is 1. The van der Waals surface area contributed by atoms with Crippen molar-refractivity contribution in [3.63, 3.8) is 0 Å². The SMILES string of the molecule is CN(C(=O)[C@@H]1CCc2ccccc2O1)C(CN1CC[C@H](O)C1)c1ccccc1. The van der Waals surface area contributed by atoms with Crippen molar-refractivity contribution < 1.29 is 14.6 Å². The third-order valence-corrected chi connectivity index (χ3v) is 5.87. The number of amides is 1. The number of aryl methyl sites for hydroxylation is 1. The van der Waals surface area contributed by atoms with E-state index in [9.17, 15) is 9.90 Å². The number of aliphatic hydroxyl groups excluding tert-OH is 1. The molecule has 2 aliphatic heterocycles. The number of aliphatic hydroxyl groups is 1. The topological polar surface area (TPSA) is 53.0 Å². The summed E-state index contributed by atoms with van der Waals surface area (Å²) in [5.41, 5.74) is 2.27. The minimum atomic E-state index is -0.449. The van der Waals surface area contributed by atoms with Crippen molar-refractivity contribution in [1.82, 2.24) is 9.80 Å². The van der Waals surface area contributed by atoms with Crippen molar-refractivity contribution in [3.05, 3.63) is 65.7 Å². The van der Waals surface area contributed by atoms with Gasteiger partial charge in [-0.15, -0.1) is 0 Å². The number of benzene rings is 2. The average Bonchev–Trinajstić information content (AvgIpc) is 3.16. The summed E-state index contributed by atoms with van der Waals surface area (Å²) in [6.07, 6.45) is 1.63. The number of ether oxygens (including phenoxy) is 1. The minimum absolute atomic E-state index is 0.0168. The van der Waals surface area contributed by atoms with Crippen molar-refractivity contribution >= 4 is 5.91 Å². The number of rotatable bonds is 5. The summed E-state index contributed by atoms with van der Waals surface area (Å²) in [5, 5.41) is 9.89. The molecule has 0 aromatic heterocycles. The Morgan fingerprint density at radius 2 is 1.93 bits per heavy atom. The van der Waals surface area contributed by atoms with E-state index in [0.29, 0.717) is 19.5 Å². The van der Waals surface area contributed by atoms with Gasteiger partial charge in [-0.3, -0.25) is 9.69 Å². The summed E-state index contributed by atoms with van der Waals surface area (Å²) in [7, 11) is 1.87. The monoisotopic (exact) mass is 380 g/mol. The number of β-amino-alcohol motifs (C(OH)–C–C–N with tert-alkyl or cyclic N) is 1. The summed E-state index contributed by atoms with van der Waals surface area (Å²) in [6, 6.07) is 18.0. The zero-order valence-corrected chi connectivity index (χ0v) is 16.3. The molecule has 4 rings (SSSR count). The van der Waals surface area contributed by atoms with E-state index in [4.69, 9.17) is 4.74 Å². The van der Waals surface area contributed by atoms with Crippen LogP contribution >= 0.6 is 0 Å². The summed E-state index contributed by atoms with van der Waals surface area (Å²) in [4.78, 5) is 17.4. The normalized spacial score (nSPS) is 22.9. The highest BCUT2D eigenvalue weighted by Gasteiger charge is 2.33. The first-order valence-electron chi connectivity index (χ1n) is 10.1. The van der Waals surface area contributed by atoms with Gasteiger partial charge < -0.3 is 14.7 Å². The number of carbonyl (C=O) groups excluding carboxylic acids is 1. The first-order valence-corrected chi connectivity index (χ1v) is 10.1. The zero-order valence-electron chi connectivity index (χ0n) is 16.3. The molecule has 1 saturated heterocycles. The van der Waals surface area contributed by atoms with E-state index >= 15 is 0 Å². The van der Waals surface area contributed by atoms with Crippen LogP contribution in [0.1, 0.15) is 30.0 Å². The number of likely N-dealkylation sites (N-methyl/N-ethyl adjacent to an activating group) is 1. The molecule has 5 heteroatoms. The summed E-state index contributed by atoms with van der Waals surface area (Å²) < 4.78 is 6.04.